The molecule has 0 aromatic heterocycles. The molecule has 1 atom stereocenters. The Morgan fingerprint density at radius 1 is 1.22 bits per heavy atom. The van der Waals surface area contributed by atoms with Crippen LogP contribution in [0, 0.1) is 5.92 Å². The Hall–Kier alpha value is -1.03. The van der Waals surface area contributed by atoms with Crippen molar-refractivity contribution in [3.63, 3.8) is 0 Å². The molecule has 0 radical (unpaired) electrons. The van der Waals surface area contributed by atoms with Crippen molar-refractivity contribution in [3.8, 4) is 0 Å². The second kappa shape index (κ2) is 8.18. The van der Waals surface area contributed by atoms with Crippen molar-refractivity contribution in [1.82, 2.24) is 3.93 Å². The van der Waals surface area contributed by atoms with Crippen molar-refractivity contribution >= 4 is 22.2 Å². The number of halogens is 1. The van der Waals surface area contributed by atoms with E-state index in [4.69, 9.17) is 4.74 Å². The topological polar surface area (TPSA) is 29.5 Å². The lowest BCUT2D eigenvalue weighted by atomic mass is 9.81. The summed E-state index contributed by atoms with van der Waals surface area (Å²) in [6.07, 6.45) is 2.23. The lowest BCUT2D eigenvalue weighted by Gasteiger charge is -2.41. The summed E-state index contributed by atoms with van der Waals surface area (Å²) in [5, 5.41) is 0. The van der Waals surface area contributed by atoms with Crippen LogP contribution in [0.5, 0.6) is 0 Å². The van der Waals surface area contributed by atoms with Gasteiger partial charge in [-0.05, 0) is 51.5 Å². The molecule has 0 aliphatic rings. The number of nitrogens with zero attached hydrogens (tertiary/aromatic N) is 1. The van der Waals surface area contributed by atoms with Gasteiger partial charge < -0.3 is 4.74 Å². The molecule has 0 saturated carbocycles. The Morgan fingerprint density at radius 3 is 2.22 bits per heavy atom. The zero-order chi connectivity index (χ0) is 17.7. The first-order chi connectivity index (χ1) is 10.6. The van der Waals surface area contributed by atoms with Crippen LogP contribution in [0.15, 0.2) is 30.3 Å². The van der Waals surface area contributed by atoms with Crippen LogP contribution in [-0.4, -0.2) is 21.2 Å². The van der Waals surface area contributed by atoms with Gasteiger partial charge in [-0.3, -0.25) is 0 Å². The first kappa shape index (κ1) is 20.0. The summed E-state index contributed by atoms with van der Waals surface area (Å²) in [5.74, 6) is 0.473. The lowest BCUT2D eigenvalue weighted by Crippen LogP contribution is -2.49. The van der Waals surface area contributed by atoms with E-state index in [9.17, 15) is 4.79 Å². The van der Waals surface area contributed by atoms with Crippen LogP contribution >= 0.6 is 16.1 Å². The quantitative estimate of drug-likeness (QED) is 0.566. The van der Waals surface area contributed by atoms with Crippen LogP contribution in [0.4, 0.5) is 4.79 Å². The first-order valence-electron chi connectivity index (χ1n) is 8.32. The Labute approximate surface area is 149 Å². The van der Waals surface area contributed by atoms with Gasteiger partial charge in [-0.25, -0.2) is 8.72 Å². The fourth-order valence-electron chi connectivity index (χ4n) is 2.86. The molecule has 1 amide bonds. The van der Waals surface area contributed by atoms with E-state index in [1.807, 2.05) is 39.0 Å². The second-order valence-electron chi connectivity index (χ2n) is 7.60. The number of amides is 1. The highest BCUT2D eigenvalue weighted by molar-refractivity contribution is 9.07. The SMILES string of the molecule is CCC(Cc1ccccc1)(CC(C)C)N(Br)C(=O)OC(C)(C)C. The predicted molar refractivity (Wildman–Crippen MR) is 99.6 cm³/mol. The largest absolute Gasteiger partial charge is 0.443 e. The molecule has 0 bridgehead atoms. The maximum Gasteiger partial charge on any atom is 0.420 e. The van der Waals surface area contributed by atoms with E-state index in [2.05, 4.69) is 49.1 Å². The molecule has 0 saturated heterocycles. The third kappa shape index (κ3) is 6.17. The average molecular weight is 384 g/mol. The van der Waals surface area contributed by atoms with Crippen LogP contribution in [0.1, 0.15) is 59.9 Å². The molecule has 0 aliphatic heterocycles. The van der Waals surface area contributed by atoms with E-state index in [0.29, 0.717) is 5.92 Å². The summed E-state index contributed by atoms with van der Waals surface area (Å²) in [5.41, 5.74) is 0.411. The molecule has 1 aromatic rings. The molecule has 23 heavy (non-hydrogen) atoms. The van der Waals surface area contributed by atoms with Gasteiger partial charge in [0.1, 0.15) is 5.60 Å². The van der Waals surface area contributed by atoms with Gasteiger partial charge in [0.25, 0.3) is 0 Å². The number of benzene rings is 1. The molecule has 4 heteroatoms. The van der Waals surface area contributed by atoms with Crippen LogP contribution in [-0.2, 0) is 11.2 Å². The smallest absolute Gasteiger partial charge is 0.420 e. The van der Waals surface area contributed by atoms with E-state index in [-0.39, 0.29) is 11.6 Å². The third-order valence-corrected chi connectivity index (χ3v) is 4.83. The minimum absolute atomic E-state index is 0.308. The fourth-order valence-corrected chi connectivity index (χ4v) is 3.45. The fraction of sp³-hybridized carbons (Fsp3) is 0.632. The van der Waals surface area contributed by atoms with Gasteiger partial charge in [0.2, 0.25) is 0 Å². The number of hydrogen-bond acceptors (Lipinski definition) is 2. The second-order valence-corrected chi connectivity index (χ2v) is 8.31. The lowest BCUT2D eigenvalue weighted by molar-refractivity contribution is 0.0225. The maximum absolute atomic E-state index is 12.6. The Bertz CT molecular complexity index is 496. The number of ether oxygens (including phenoxy) is 1. The van der Waals surface area contributed by atoms with Gasteiger partial charge in [-0.1, -0.05) is 51.1 Å². The zero-order valence-corrected chi connectivity index (χ0v) is 16.8. The monoisotopic (exact) mass is 383 g/mol. The Balaban J connectivity index is 3.09. The van der Waals surface area contributed by atoms with E-state index in [1.165, 1.54) is 5.56 Å². The van der Waals surface area contributed by atoms with Gasteiger partial charge in [-0.2, -0.15) is 0 Å². The minimum Gasteiger partial charge on any atom is -0.443 e. The summed E-state index contributed by atoms with van der Waals surface area (Å²) in [7, 11) is 0. The molecule has 0 fully saturated rings. The standard InChI is InChI=1S/C19H30BrNO2/c1-7-19(13-15(2)3,14-16-11-9-8-10-12-16)21(20)17(22)23-18(4,5)6/h8-12,15H,7,13-14H2,1-6H3. The third-order valence-electron chi connectivity index (χ3n) is 3.79. The molecule has 0 aliphatic carbocycles. The van der Waals surface area contributed by atoms with Gasteiger partial charge in [0.15, 0.2) is 0 Å². The van der Waals surface area contributed by atoms with Crippen molar-refractivity contribution in [1.29, 1.82) is 0 Å². The average Bonchev–Trinajstić information content (AvgIpc) is 2.44. The number of carbonyl (C=O) groups is 1. The van der Waals surface area contributed by atoms with E-state index >= 15 is 0 Å². The van der Waals surface area contributed by atoms with Crippen molar-refractivity contribution < 1.29 is 9.53 Å². The summed E-state index contributed by atoms with van der Waals surface area (Å²) >= 11 is 3.52. The highest BCUT2D eigenvalue weighted by atomic mass is 79.9. The van der Waals surface area contributed by atoms with Crippen LogP contribution in [0.3, 0.4) is 0 Å². The molecule has 3 nitrogen and oxygen atoms in total. The minimum atomic E-state index is -0.507. The van der Waals surface area contributed by atoms with Gasteiger partial charge in [-0.15, -0.1) is 0 Å². The first-order valence-corrected chi connectivity index (χ1v) is 9.03. The predicted octanol–water partition coefficient (Wildman–Crippen LogP) is 5.97. The number of carbonyl (C=O) groups excluding carboxylic acids is 1. The van der Waals surface area contributed by atoms with E-state index in [1.54, 1.807) is 3.93 Å². The number of hydrogen-bond donors (Lipinski definition) is 0. The van der Waals surface area contributed by atoms with Crippen molar-refractivity contribution in [3.05, 3.63) is 35.9 Å². The molecule has 130 valence electrons. The van der Waals surface area contributed by atoms with Gasteiger partial charge in [0.05, 0.1) is 21.7 Å². The van der Waals surface area contributed by atoms with Crippen molar-refractivity contribution in [2.75, 3.05) is 0 Å². The molecule has 1 unspecified atom stereocenters. The molecular weight excluding hydrogens is 354 g/mol. The van der Waals surface area contributed by atoms with Crippen LogP contribution in [0.25, 0.3) is 0 Å². The highest BCUT2D eigenvalue weighted by Gasteiger charge is 2.40. The van der Waals surface area contributed by atoms with Crippen LogP contribution in [0.2, 0.25) is 0 Å². The normalized spacial score (nSPS) is 14.4. The van der Waals surface area contributed by atoms with Crippen LogP contribution < -0.4 is 0 Å². The molecule has 0 heterocycles. The number of rotatable bonds is 6. The zero-order valence-electron chi connectivity index (χ0n) is 15.2. The summed E-state index contributed by atoms with van der Waals surface area (Å²) in [4.78, 5) is 12.6. The molecular formula is C19H30BrNO2. The van der Waals surface area contributed by atoms with Gasteiger partial charge in [0, 0.05) is 0 Å². The highest BCUT2D eigenvalue weighted by Crippen LogP contribution is 2.35. The Kier molecular flexibility index (Phi) is 7.12. The van der Waals surface area contributed by atoms with E-state index in [0.717, 1.165) is 19.3 Å². The molecule has 1 aromatic carbocycles. The molecule has 1 rings (SSSR count). The summed E-state index contributed by atoms with van der Waals surface area (Å²) < 4.78 is 7.20. The molecule has 0 N–H and O–H groups in total. The van der Waals surface area contributed by atoms with Crippen molar-refractivity contribution in [2.24, 2.45) is 5.92 Å². The van der Waals surface area contributed by atoms with E-state index < -0.39 is 5.60 Å². The summed E-state index contributed by atoms with van der Waals surface area (Å²) in [6, 6.07) is 10.3. The Morgan fingerprint density at radius 2 is 1.78 bits per heavy atom. The van der Waals surface area contributed by atoms with Gasteiger partial charge >= 0.3 is 6.09 Å². The maximum atomic E-state index is 12.6. The summed E-state index contributed by atoms with van der Waals surface area (Å²) in [6.45, 7) is 12.2. The van der Waals surface area contributed by atoms with Crippen molar-refractivity contribution in [2.45, 2.75) is 71.9 Å². The molecule has 0 spiro atoms.